The van der Waals surface area contributed by atoms with Gasteiger partial charge in [0.2, 0.25) is 0 Å². The first-order chi connectivity index (χ1) is 14.7. The minimum atomic E-state index is -1.83. The monoisotopic (exact) mass is 464 g/mol. The van der Waals surface area contributed by atoms with Gasteiger partial charge in [-0.15, -0.1) is 0 Å². The minimum Gasteiger partial charge on any atom is -0.417 e. The fraction of sp³-hybridized carbons (Fsp3) is 0.517. The summed E-state index contributed by atoms with van der Waals surface area (Å²) in [7, 11) is -3.50. The molecule has 0 atom stereocenters. The molecule has 3 rings (SSSR count). The van der Waals surface area contributed by atoms with E-state index < -0.39 is 16.4 Å². The van der Waals surface area contributed by atoms with Crippen LogP contribution < -0.4 is 0 Å². The van der Waals surface area contributed by atoms with Crippen molar-refractivity contribution in [3.8, 4) is 0 Å². The van der Waals surface area contributed by atoms with Gasteiger partial charge >= 0.3 is 0 Å². The van der Waals surface area contributed by atoms with E-state index in [9.17, 15) is 0 Å². The molecule has 0 unspecified atom stereocenters. The molecule has 2 saturated carbocycles. The van der Waals surface area contributed by atoms with E-state index in [1.165, 1.54) is 41.4 Å². The predicted octanol–water partition coefficient (Wildman–Crippen LogP) is 8.18. The van der Waals surface area contributed by atoms with Crippen molar-refractivity contribution in [1.82, 2.24) is 0 Å². The molecule has 0 aromatic carbocycles. The smallest absolute Gasteiger partial charge is 0.191 e. The molecule has 0 spiro atoms. The van der Waals surface area contributed by atoms with Crippen LogP contribution in [0.4, 0.5) is 0 Å². The van der Waals surface area contributed by atoms with E-state index in [1.807, 2.05) is 0 Å². The van der Waals surface area contributed by atoms with Crippen molar-refractivity contribution in [2.75, 3.05) is 6.61 Å². The Labute approximate surface area is 203 Å². The average molecular weight is 465 g/mol. The number of fused-ring (bicyclic) bond motifs is 1. The SMILES string of the molecule is C[C]1[C](C)[C](C)[C]([Si](C)(C)[C]2[CH][C](CCCO[Si](C)(C)C(C)(C)C)[C]3C=CC=C[C]32)[C]1C. The van der Waals surface area contributed by atoms with E-state index in [0.717, 1.165) is 19.4 Å². The zero-order valence-electron chi connectivity index (χ0n) is 22.4. The molecular formula is C29H44OSi2. The molecule has 2 fully saturated rings. The highest BCUT2D eigenvalue weighted by molar-refractivity contribution is 6.90. The van der Waals surface area contributed by atoms with Crippen LogP contribution in [-0.4, -0.2) is 23.0 Å². The molecule has 0 heterocycles. The fourth-order valence-electron chi connectivity index (χ4n) is 5.15. The molecule has 3 heteroatoms. The van der Waals surface area contributed by atoms with Gasteiger partial charge in [0.25, 0.3) is 0 Å². The summed E-state index contributed by atoms with van der Waals surface area (Å²) in [5.41, 5.74) is 3.25. The summed E-state index contributed by atoms with van der Waals surface area (Å²) in [4.78, 5) is 0. The highest BCUT2D eigenvalue weighted by atomic mass is 28.4. The first-order valence-corrected chi connectivity index (χ1v) is 18.2. The maximum absolute atomic E-state index is 6.47. The molecule has 0 saturated heterocycles. The minimum absolute atomic E-state index is 0.272. The van der Waals surface area contributed by atoms with Crippen molar-refractivity contribution in [1.29, 1.82) is 0 Å². The fourth-order valence-corrected chi connectivity index (χ4v) is 10.2. The molecule has 0 aliphatic heterocycles. The maximum Gasteiger partial charge on any atom is 0.191 e. The number of hydrogen-bond donors (Lipinski definition) is 0. The maximum atomic E-state index is 6.47. The van der Waals surface area contributed by atoms with E-state index in [1.54, 1.807) is 11.1 Å². The van der Waals surface area contributed by atoms with Gasteiger partial charge in [0.05, 0.1) is 8.07 Å². The van der Waals surface area contributed by atoms with E-state index >= 15 is 0 Å². The van der Waals surface area contributed by atoms with Gasteiger partial charge in [0.15, 0.2) is 8.32 Å². The second kappa shape index (κ2) is 9.49. The molecule has 0 N–H and O–H groups in total. The van der Waals surface area contributed by atoms with Crippen LogP contribution in [-0.2, 0) is 4.43 Å². The van der Waals surface area contributed by atoms with Crippen LogP contribution in [0.3, 0.4) is 0 Å². The van der Waals surface area contributed by atoms with Gasteiger partial charge in [0.1, 0.15) is 0 Å². The summed E-state index contributed by atoms with van der Waals surface area (Å²) < 4.78 is 6.47. The molecule has 10 radical (unpaired) electrons. The molecule has 1 nitrogen and oxygen atoms in total. The summed E-state index contributed by atoms with van der Waals surface area (Å²) in [6.45, 7) is 26.9. The van der Waals surface area contributed by atoms with E-state index in [-0.39, 0.29) is 5.04 Å². The second-order valence-corrected chi connectivity index (χ2v) is 20.9. The number of allylic oxidation sites excluding steroid dienone is 4. The highest BCUT2D eigenvalue weighted by Crippen LogP contribution is 2.62. The molecule has 0 aromatic rings. The van der Waals surface area contributed by atoms with Crippen molar-refractivity contribution < 1.29 is 4.43 Å². The molecule has 0 amide bonds. The van der Waals surface area contributed by atoms with Crippen molar-refractivity contribution >= 4 is 16.4 Å². The molecular weight excluding hydrogens is 420 g/mol. The van der Waals surface area contributed by atoms with Gasteiger partial charge in [-0.3, -0.25) is 0 Å². The molecule has 3 aliphatic carbocycles. The van der Waals surface area contributed by atoms with Crippen LogP contribution >= 0.6 is 0 Å². The van der Waals surface area contributed by atoms with Gasteiger partial charge in [-0.25, -0.2) is 0 Å². The molecule has 174 valence electrons. The second-order valence-electron chi connectivity index (χ2n) is 11.8. The van der Waals surface area contributed by atoms with Crippen LogP contribution in [0.15, 0.2) is 24.3 Å². The Kier molecular flexibility index (Phi) is 7.86. The van der Waals surface area contributed by atoms with Gasteiger partial charge in [-0.1, -0.05) is 85.9 Å². The van der Waals surface area contributed by atoms with Crippen LogP contribution in [0, 0.1) is 58.9 Å². The van der Waals surface area contributed by atoms with Gasteiger partial charge in [0, 0.05) is 18.4 Å². The van der Waals surface area contributed by atoms with Crippen molar-refractivity contribution in [3.63, 3.8) is 0 Å². The topological polar surface area (TPSA) is 9.23 Å². The van der Waals surface area contributed by atoms with Gasteiger partial charge < -0.3 is 4.43 Å². The van der Waals surface area contributed by atoms with E-state index in [2.05, 4.69) is 105 Å². The van der Waals surface area contributed by atoms with Crippen LogP contribution in [0.5, 0.6) is 0 Å². The Morgan fingerprint density at radius 3 is 1.84 bits per heavy atom. The normalized spacial score (nSPS) is 25.0. The Balaban J connectivity index is 1.69. The Hall–Kier alpha value is -0.126. The van der Waals surface area contributed by atoms with Gasteiger partial charge in [-0.05, 0) is 78.1 Å². The van der Waals surface area contributed by atoms with Crippen molar-refractivity contribution in [2.45, 2.75) is 92.5 Å². The number of rotatable bonds is 7. The zero-order valence-corrected chi connectivity index (χ0v) is 24.4. The van der Waals surface area contributed by atoms with Crippen LogP contribution in [0.2, 0.25) is 31.2 Å². The lowest BCUT2D eigenvalue weighted by molar-refractivity contribution is 0.281. The predicted molar refractivity (Wildman–Crippen MR) is 144 cm³/mol. The Morgan fingerprint density at radius 1 is 0.781 bits per heavy atom. The van der Waals surface area contributed by atoms with Crippen molar-refractivity contribution in [3.05, 3.63) is 83.2 Å². The first kappa shape index (κ1) is 26.5. The molecule has 0 aromatic heterocycles. The summed E-state index contributed by atoms with van der Waals surface area (Å²) in [6.07, 6.45) is 13.8. The first-order valence-electron chi connectivity index (χ1n) is 12.3. The molecule has 0 bridgehead atoms. The van der Waals surface area contributed by atoms with E-state index in [0.29, 0.717) is 0 Å². The summed E-state index contributed by atoms with van der Waals surface area (Å²) in [6, 6.07) is 0. The third kappa shape index (κ3) is 4.82. The summed E-state index contributed by atoms with van der Waals surface area (Å²) >= 11 is 0. The lowest BCUT2D eigenvalue weighted by Crippen LogP contribution is -2.46. The lowest BCUT2D eigenvalue weighted by Gasteiger charge is -2.42. The number of hydrogen-bond acceptors (Lipinski definition) is 1. The average Bonchev–Trinajstić information content (AvgIpc) is 3.16. The Bertz CT molecular complexity index is 686. The Morgan fingerprint density at radius 2 is 1.31 bits per heavy atom. The van der Waals surface area contributed by atoms with Crippen LogP contribution in [0.25, 0.3) is 0 Å². The highest BCUT2D eigenvalue weighted by Gasteiger charge is 2.58. The van der Waals surface area contributed by atoms with Gasteiger partial charge in [-0.2, -0.15) is 0 Å². The zero-order chi connectivity index (χ0) is 24.1. The molecule has 32 heavy (non-hydrogen) atoms. The largest absolute Gasteiger partial charge is 0.417 e. The summed E-state index contributed by atoms with van der Waals surface area (Å²) in [5, 5.41) is 0.272. The summed E-state index contributed by atoms with van der Waals surface area (Å²) in [5.74, 6) is 10.4. The van der Waals surface area contributed by atoms with Crippen LogP contribution in [0.1, 0.15) is 61.3 Å². The third-order valence-corrected chi connectivity index (χ3v) is 16.8. The standard InChI is InChI=1S/C29H44OSi2/c1-20-21(2)23(4)28(22(20)3)31(8,9)27-19-24(25-16-12-13-17-26(25)27)15-14-18-30-32(10,11)29(5,6)7/h12-13,16-17,19H,14-15,18H2,1-11H3. The van der Waals surface area contributed by atoms with Crippen molar-refractivity contribution in [2.24, 2.45) is 0 Å². The molecule has 3 aliphatic rings. The lowest BCUT2D eigenvalue weighted by atomic mass is 9.84. The quantitative estimate of drug-likeness (QED) is 0.272. The van der Waals surface area contributed by atoms with E-state index in [4.69, 9.17) is 4.43 Å². The third-order valence-electron chi connectivity index (χ3n) is 8.48.